The summed E-state index contributed by atoms with van der Waals surface area (Å²) in [5, 5.41) is 0. The predicted octanol–water partition coefficient (Wildman–Crippen LogP) is 5.20. The van der Waals surface area contributed by atoms with Gasteiger partial charge in [0.05, 0.1) is 18.1 Å². The standard InChI is InChI=1S/C29H35N3O4/c1-6-9-25(33)27-19(3)21(17-26(36-5)20(27)4)16-18(2)28(34)31-14-12-22(13-15-31)32-24-11-8-7-10-23(24)30-29(32)35/h7-8,10-11,16-17,22H,6,9,12-15H2,1-5H3,(H,30,35)/b18-16+. The number of H-pyrrole nitrogens is 1. The number of imidazole rings is 1. The second-order valence-electron chi connectivity index (χ2n) is 9.63. The number of para-hydroxylation sites is 2. The topological polar surface area (TPSA) is 84.4 Å². The van der Waals surface area contributed by atoms with E-state index in [0.717, 1.165) is 34.1 Å². The number of fused-ring (bicyclic) bond motifs is 1. The number of ether oxygens (including phenoxy) is 1. The molecular weight excluding hydrogens is 454 g/mol. The van der Waals surface area contributed by atoms with Crippen LogP contribution >= 0.6 is 0 Å². The van der Waals surface area contributed by atoms with Crippen LogP contribution in [0.25, 0.3) is 17.1 Å². The van der Waals surface area contributed by atoms with Gasteiger partial charge in [-0.1, -0.05) is 19.1 Å². The summed E-state index contributed by atoms with van der Waals surface area (Å²) in [6, 6.07) is 9.66. The maximum absolute atomic E-state index is 13.3. The zero-order valence-corrected chi connectivity index (χ0v) is 21.8. The molecule has 1 aliphatic heterocycles. The summed E-state index contributed by atoms with van der Waals surface area (Å²) in [5.74, 6) is 0.719. The third-order valence-corrected chi connectivity index (χ3v) is 7.27. The Hall–Kier alpha value is -3.61. The van der Waals surface area contributed by atoms with E-state index in [1.165, 1.54) is 0 Å². The summed E-state index contributed by atoms with van der Waals surface area (Å²) in [6.07, 6.45) is 4.54. The minimum Gasteiger partial charge on any atom is -0.496 e. The van der Waals surface area contributed by atoms with Crippen LogP contribution < -0.4 is 10.4 Å². The van der Waals surface area contributed by atoms with Gasteiger partial charge >= 0.3 is 5.69 Å². The van der Waals surface area contributed by atoms with Crippen LogP contribution in [0.3, 0.4) is 0 Å². The lowest BCUT2D eigenvalue weighted by Crippen LogP contribution is -2.40. The third-order valence-electron chi connectivity index (χ3n) is 7.27. The fraction of sp³-hybridized carbons (Fsp3) is 0.414. The van der Waals surface area contributed by atoms with Crippen molar-refractivity contribution in [2.45, 2.75) is 59.4 Å². The van der Waals surface area contributed by atoms with Crippen LogP contribution in [0.4, 0.5) is 0 Å². The summed E-state index contributed by atoms with van der Waals surface area (Å²) in [6.45, 7) is 8.81. The first-order chi connectivity index (χ1) is 17.3. The van der Waals surface area contributed by atoms with Crippen molar-refractivity contribution < 1.29 is 14.3 Å². The van der Waals surface area contributed by atoms with Crippen molar-refractivity contribution in [2.24, 2.45) is 0 Å². The minimum atomic E-state index is -0.103. The van der Waals surface area contributed by atoms with Gasteiger partial charge in [-0.15, -0.1) is 0 Å². The molecule has 1 fully saturated rings. The minimum absolute atomic E-state index is 0.0277. The molecule has 2 aromatic carbocycles. The predicted molar refractivity (Wildman–Crippen MR) is 143 cm³/mol. The number of likely N-dealkylation sites (tertiary alicyclic amines) is 1. The number of Topliss-reactive ketones (excluding diaryl/α,β-unsaturated/α-hetero) is 1. The largest absolute Gasteiger partial charge is 0.496 e. The van der Waals surface area contributed by atoms with Gasteiger partial charge in [0, 0.05) is 42.3 Å². The molecule has 1 amide bonds. The lowest BCUT2D eigenvalue weighted by molar-refractivity contribution is -0.128. The normalized spacial score (nSPS) is 14.9. The van der Waals surface area contributed by atoms with Crippen molar-refractivity contribution in [3.63, 3.8) is 0 Å². The van der Waals surface area contributed by atoms with Gasteiger partial charge in [-0.3, -0.25) is 14.2 Å². The Morgan fingerprint density at radius 3 is 2.50 bits per heavy atom. The van der Waals surface area contributed by atoms with Gasteiger partial charge in [-0.2, -0.15) is 0 Å². The highest BCUT2D eigenvalue weighted by atomic mass is 16.5. The number of nitrogens with zero attached hydrogens (tertiary/aromatic N) is 2. The van der Waals surface area contributed by atoms with Crippen molar-refractivity contribution in [2.75, 3.05) is 20.2 Å². The summed E-state index contributed by atoms with van der Waals surface area (Å²) >= 11 is 0. The summed E-state index contributed by atoms with van der Waals surface area (Å²) < 4.78 is 7.38. The second kappa shape index (κ2) is 10.6. The molecule has 0 atom stereocenters. The Labute approximate surface area is 211 Å². The van der Waals surface area contributed by atoms with Gasteiger partial charge < -0.3 is 14.6 Å². The molecule has 36 heavy (non-hydrogen) atoms. The van der Waals surface area contributed by atoms with E-state index in [2.05, 4.69) is 4.98 Å². The lowest BCUT2D eigenvalue weighted by Gasteiger charge is -2.32. The summed E-state index contributed by atoms with van der Waals surface area (Å²) in [7, 11) is 1.60. The van der Waals surface area contributed by atoms with Crippen LogP contribution in [0.2, 0.25) is 0 Å². The first kappa shape index (κ1) is 25.5. The highest BCUT2D eigenvalue weighted by Crippen LogP contribution is 2.31. The van der Waals surface area contributed by atoms with E-state index in [1.54, 1.807) is 7.11 Å². The smallest absolute Gasteiger partial charge is 0.326 e. The molecule has 0 aliphatic carbocycles. The first-order valence-corrected chi connectivity index (χ1v) is 12.6. The van der Waals surface area contributed by atoms with Gasteiger partial charge in [0.1, 0.15) is 5.75 Å². The number of ketones is 1. The van der Waals surface area contributed by atoms with Crippen LogP contribution in [-0.4, -0.2) is 46.3 Å². The summed E-state index contributed by atoms with van der Waals surface area (Å²) in [4.78, 5) is 43.5. The SMILES string of the molecule is CCCC(=O)c1c(C)c(/C=C(\C)C(=O)N2CCC(n3c(=O)[nH]c4ccccc43)CC2)cc(OC)c1C. The Bertz CT molecular complexity index is 1390. The molecule has 0 spiro atoms. The fourth-order valence-corrected chi connectivity index (χ4v) is 5.35. The lowest BCUT2D eigenvalue weighted by atomic mass is 9.91. The van der Waals surface area contributed by atoms with Crippen molar-refractivity contribution in [1.82, 2.24) is 14.5 Å². The summed E-state index contributed by atoms with van der Waals surface area (Å²) in [5.41, 5.74) is 5.46. The average molecular weight is 490 g/mol. The van der Waals surface area contributed by atoms with Crippen molar-refractivity contribution in [1.29, 1.82) is 0 Å². The third kappa shape index (κ3) is 4.74. The molecule has 1 aromatic heterocycles. The molecule has 190 valence electrons. The van der Waals surface area contributed by atoms with Crippen LogP contribution in [0.1, 0.15) is 72.6 Å². The average Bonchev–Trinajstić information content (AvgIpc) is 3.21. The molecule has 2 heterocycles. The number of amides is 1. The maximum Gasteiger partial charge on any atom is 0.326 e. The number of hydrogen-bond donors (Lipinski definition) is 1. The number of carbonyl (C=O) groups excluding carboxylic acids is 2. The second-order valence-corrected chi connectivity index (χ2v) is 9.63. The van der Waals surface area contributed by atoms with Crippen LogP contribution in [0.5, 0.6) is 5.75 Å². The van der Waals surface area contributed by atoms with E-state index in [0.29, 0.717) is 49.2 Å². The maximum atomic E-state index is 13.3. The van der Waals surface area contributed by atoms with Crippen molar-refractivity contribution in [3.05, 3.63) is 68.6 Å². The van der Waals surface area contributed by atoms with Crippen molar-refractivity contribution >= 4 is 28.8 Å². The van der Waals surface area contributed by atoms with E-state index in [1.807, 2.05) is 73.6 Å². The van der Waals surface area contributed by atoms with E-state index in [4.69, 9.17) is 4.74 Å². The molecule has 4 rings (SSSR count). The van der Waals surface area contributed by atoms with Crippen LogP contribution in [-0.2, 0) is 4.79 Å². The molecule has 1 saturated heterocycles. The van der Waals surface area contributed by atoms with Crippen LogP contribution in [0, 0.1) is 13.8 Å². The fourth-order valence-electron chi connectivity index (χ4n) is 5.35. The molecule has 7 nitrogen and oxygen atoms in total. The zero-order valence-electron chi connectivity index (χ0n) is 21.8. The molecule has 0 bridgehead atoms. The monoisotopic (exact) mass is 489 g/mol. The zero-order chi connectivity index (χ0) is 26.0. The number of piperidine rings is 1. The highest BCUT2D eigenvalue weighted by molar-refractivity contribution is 6.02. The van der Waals surface area contributed by atoms with Gasteiger partial charge in [-0.25, -0.2) is 4.79 Å². The molecule has 1 N–H and O–H groups in total. The van der Waals surface area contributed by atoms with E-state index in [-0.39, 0.29) is 23.4 Å². The first-order valence-electron chi connectivity index (χ1n) is 12.6. The number of hydrogen-bond acceptors (Lipinski definition) is 4. The van der Waals surface area contributed by atoms with Gasteiger partial charge in [0.15, 0.2) is 5.78 Å². The highest BCUT2D eigenvalue weighted by Gasteiger charge is 2.27. The molecule has 0 unspecified atom stereocenters. The van der Waals surface area contributed by atoms with Crippen molar-refractivity contribution in [3.8, 4) is 5.75 Å². The number of aromatic amines is 1. The van der Waals surface area contributed by atoms with Gasteiger partial charge in [-0.05, 0) is 75.4 Å². The van der Waals surface area contributed by atoms with Gasteiger partial charge in [0.25, 0.3) is 0 Å². The molecule has 1 aliphatic rings. The molecule has 0 radical (unpaired) electrons. The molecule has 0 saturated carbocycles. The quantitative estimate of drug-likeness (QED) is 0.365. The Balaban J connectivity index is 1.54. The number of nitrogens with one attached hydrogen (secondary N) is 1. The Morgan fingerprint density at radius 1 is 1.14 bits per heavy atom. The number of rotatable bonds is 7. The molecule has 3 aromatic rings. The number of benzene rings is 2. The van der Waals surface area contributed by atoms with E-state index >= 15 is 0 Å². The molecule has 7 heteroatoms. The number of carbonyl (C=O) groups is 2. The van der Waals surface area contributed by atoms with Crippen LogP contribution in [0.15, 0.2) is 40.7 Å². The number of aromatic nitrogens is 2. The number of methoxy groups -OCH3 is 1. The Morgan fingerprint density at radius 2 is 1.83 bits per heavy atom. The Kier molecular flexibility index (Phi) is 7.48. The van der Waals surface area contributed by atoms with E-state index < -0.39 is 0 Å². The van der Waals surface area contributed by atoms with E-state index in [9.17, 15) is 14.4 Å². The van der Waals surface area contributed by atoms with Gasteiger partial charge in [0.2, 0.25) is 5.91 Å². The molecular formula is C29H35N3O4.